The summed E-state index contributed by atoms with van der Waals surface area (Å²) >= 11 is 0. The largest absolute Gasteiger partial charge is 0.397 e. The van der Waals surface area contributed by atoms with Crippen LogP contribution in [0.3, 0.4) is 0 Å². The molecule has 0 bridgehead atoms. The molecule has 62 valence electrons. The van der Waals surface area contributed by atoms with Crippen molar-refractivity contribution in [2.24, 2.45) is 0 Å². The van der Waals surface area contributed by atoms with Gasteiger partial charge in [0.2, 0.25) is 0 Å². The minimum absolute atomic E-state index is 0.0138. The lowest BCUT2D eigenvalue weighted by atomic mass is 10.2. The summed E-state index contributed by atoms with van der Waals surface area (Å²) in [4.78, 5) is 14.6. The van der Waals surface area contributed by atoms with Crippen LogP contribution in [0.4, 0.5) is 5.69 Å². The van der Waals surface area contributed by atoms with Gasteiger partial charge >= 0.3 is 0 Å². The summed E-state index contributed by atoms with van der Waals surface area (Å²) < 4.78 is 0. The maximum Gasteiger partial charge on any atom is 0.152 e. The summed E-state index contributed by atoms with van der Waals surface area (Å²) in [6.07, 6.45) is 4.69. The molecule has 0 spiro atoms. The highest BCUT2D eigenvalue weighted by molar-refractivity contribution is 5.91. The van der Waals surface area contributed by atoms with Crippen LogP contribution in [0.1, 0.15) is 12.6 Å². The average molecular weight is 162 g/mol. The van der Waals surface area contributed by atoms with Crippen molar-refractivity contribution in [1.29, 1.82) is 0 Å². The van der Waals surface area contributed by atoms with E-state index in [4.69, 9.17) is 5.73 Å². The third-order valence-corrected chi connectivity index (χ3v) is 1.35. The molecule has 1 heterocycles. The van der Waals surface area contributed by atoms with E-state index in [0.717, 1.165) is 0 Å². The third kappa shape index (κ3) is 2.20. The van der Waals surface area contributed by atoms with E-state index in [9.17, 15) is 4.79 Å². The Morgan fingerprint density at radius 3 is 3.00 bits per heavy atom. The Labute approximate surface area is 70.9 Å². The predicted molar refractivity (Wildman–Crippen MR) is 48.4 cm³/mol. The van der Waals surface area contributed by atoms with Crippen molar-refractivity contribution in [3.8, 4) is 0 Å². The minimum atomic E-state index is -0.0138. The first-order valence-electron chi connectivity index (χ1n) is 3.59. The number of rotatable bonds is 2. The highest BCUT2D eigenvalue weighted by Crippen LogP contribution is 2.08. The zero-order valence-corrected chi connectivity index (χ0v) is 6.82. The maximum absolute atomic E-state index is 10.6. The molecule has 1 aromatic heterocycles. The van der Waals surface area contributed by atoms with Crippen molar-refractivity contribution in [2.75, 3.05) is 5.73 Å². The van der Waals surface area contributed by atoms with Crippen LogP contribution < -0.4 is 5.73 Å². The molecule has 1 aromatic rings. The fraction of sp³-hybridized carbons (Fsp3) is 0.111. The molecule has 0 unspecified atom stereocenters. The minimum Gasteiger partial charge on any atom is -0.397 e. The van der Waals surface area contributed by atoms with E-state index in [1.807, 2.05) is 0 Å². The molecule has 0 saturated carbocycles. The second kappa shape index (κ2) is 3.67. The molecule has 0 aliphatic heterocycles. The first-order valence-corrected chi connectivity index (χ1v) is 3.59. The Hall–Kier alpha value is -1.64. The summed E-state index contributed by atoms with van der Waals surface area (Å²) in [6.45, 7) is 1.48. The lowest BCUT2D eigenvalue weighted by Gasteiger charge is -1.95. The van der Waals surface area contributed by atoms with Crippen LogP contribution in [-0.4, -0.2) is 10.8 Å². The van der Waals surface area contributed by atoms with Crippen LogP contribution in [0.25, 0.3) is 6.08 Å². The van der Waals surface area contributed by atoms with Crippen molar-refractivity contribution in [2.45, 2.75) is 6.92 Å². The fourth-order valence-electron chi connectivity index (χ4n) is 0.765. The number of carbonyl (C=O) groups is 1. The molecule has 12 heavy (non-hydrogen) atoms. The van der Waals surface area contributed by atoms with Crippen LogP contribution >= 0.6 is 0 Å². The Morgan fingerprint density at radius 1 is 1.67 bits per heavy atom. The van der Waals surface area contributed by atoms with E-state index >= 15 is 0 Å². The van der Waals surface area contributed by atoms with Gasteiger partial charge in [-0.15, -0.1) is 0 Å². The number of nitrogen functional groups attached to an aromatic ring is 1. The van der Waals surface area contributed by atoms with E-state index < -0.39 is 0 Å². The monoisotopic (exact) mass is 162 g/mol. The topological polar surface area (TPSA) is 56.0 Å². The fourth-order valence-corrected chi connectivity index (χ4v) is 0.765. The van der Waals surface area contributed by atoms with E-state index in [1.54, 1.807) is 24.4 Å². The van der Waals surface area contributed by atoms with E-state index in [1.165, 1.54) is 13.0 Å². The summed E-state index contributed by atoms with van der Waals surface area (Å²) in [5.74, 6) is -0.0138. The van der Waals surface area contributed by atoms with E-state index in [0.29, 0.717) is 11.4 Å². The van der Waals surface area contributed by atoms with Crippen molar-refractivity contribution < 1.29 is 4.79 Å². The van der Waals surface area contributed by atoms with Gasteiger partial charge in [-0.25, -0.2) is 0 Å². The zero-order chi connectivity index (χ0) is 8.97. The standard InChI is InChI=1S/C9H10N2O/c1-7(12)4-5-9-8(10)3-2-6-11-9/h2-6H,10H2,1H3/b5-4+. The number of aromatic nitrogens is 1. The molecular weight excluding hydrogens is 152 g/mol. The lowest BCUT2D eigenvalue weighted by Crippen LogP contribution is -1.91. The maximum atomic E-state index is 10.6. The summed E-state index contributed by atoms with van der Waals surface area (Å²) in [5, 5.41) is 0. The number of hydrogen-bond donors (Lipinski definition) is 1. The van der Waals surface area contributed by atoms with Gasteiger partial charge in [0, 0.05) is 6.20 Å². The smallest absolute Gasteiger partial charge is 0.152 e. The van der Waals surface area contributed by atoms with Crippen molar-refractivity contribution >= 4 is 17.5 Å². The van der Waals surface area contributed by atoms with Gasteiger partial charge in [-0.2, -0.15) is 0 Å². The Morgan fingerprint density at radius 2 is 2.42 bits per heavy atom. The van der Waals surface area contributed by atoms with Gasteiger partial charge in [-0.1, -0.05) is 0 Å². The van der Waals surface area contributed by atoms with Crippen LogP contribution in [0, 0.1) is 0 Å². The highest BCUT2D eigenvalue weighted by atomic mass is 16.1. The van der Waals surface area contributed by atoms with Crippen LogP contribution in [0.15, 0.2) is 24.4 Å². The Balaban J connectivity index is 2.89. The van der Waals surface area contributed by atoms with Gasteiger partial charge in [-0.3, -0.25) is 9.78 Å². The average Bonchev–Trinajstić information content (AvgIpc) is 2.03. The number of nitrogens with two attached hydrogens (primary N) is 1. The lowest BCUT2D eigenvalue weighted by molar-refractivity contribution is -0.112. The first kappa shape index (κ1) is 8.46. The van der Waals surface area contributed by atoms with Gasteiger partial charge in [0.05, 0.1) is 11.4 Å². The van der Waals surface area contributed by atoms with Crippen LogP contribution in [0.5, 0.6) is 0 Å². The molecule has 0 amide bonds. The van der Waals surface area contributed by atoms with Gasteiger partial charge < -0.3 is 5.73 Å². The first-order chi connectivity index (χ1) is 5.70. The molecule has 3 nitrogen and oxygen atoms in total. The number of hydrogen-bond acceptors (Lipinski definition) is 3. The van der Waals surface area contributed by atoms with Crippen LogP contribution in [0.2, 0.25) is 0 Å². The number of nitrogens with zero attached hydrogens (tertiary/aromatic N) is 1. The quantitative estimate of drug-likeness (QED) is 0.666. The van der Waals surface area contributed by atoms with E-state index in [2.05, 4.69) is 4.98 Å². The molecule has 0 aromatic carbocycles. The van der Waals surface area contributed by atoms with E-state index in [-0.39, 0.29) is 5.78 Å². The molecule has 3 heteroatoms. The molecule has 0 aliphatic carbocycles. The molecule has 2 N–H and O–H groups in total. The second-order valence-corrected chi connectivity index (χ2v) is 2.42. The second-order valence-electron chi connectivity index (χ2n) is 2.42. The number of allylic oxidation sites excluding steroid dienone is 1. The molecule has 0 radical (unpaired) electrons. The Bertz CT molecular complexity index is 318. The third-order valence-electron chi connectivity index (χ3n) is 1.35. The number of anilines is 1. The van der Waals surface area contributed by atoms with Gasteiger partial charge in [0.15, 0.2) is 5.78 Å². The summed E-state index contributed by atoms with van der Waals surface area (Å²) in [6, 6.07) is 3.49. The zero-order valence-electron chi connectivity index (χ0n) is 6.82. The number of pyridine rings is 1. The molecule has 0 aliphatic rings. The van der Waals surface area contributed by atoms with Crippen molar-refractivity contribution in [3.05, 3.63) is 30.1 Å². The van der Waals surface area contributed by atoms with Crippen LogP contribution in [-0.2, 0) is 4.79 Å². The van der Waals surface area contributed by atoms with Crippen molar-refractivity contribution in [3.63, 3.8) is 0 Å². The molecule has 0 atom stereocenters. The Kier molecular flexibility index (Phi) is 2.58. The number of carbonyl (C=O) groups excluding carboxylic acids is 1. The molecule has 0 fully saturated rings. The number of ketones is 1. The molecule has 1 rings (SSSR count). The summed E-state index contributed by atoms with van der Waals surface area (Å²) in [7, 11) is 0. The molecule has 0 saturated heterocycles. The van der Waals surface area contributed by atoms with Gasteiger partial charge in [0.25, 0.3) is 0 Å². The predicted octanol–water partition coefficient (Wildman–Crippen LogP) is 1.27. The highest BCUT2D eigenvalue weighted by Gasteiger charge is 1.93. The SMILES string of the molecule is CC(=O)/C=C/c1ncccc1N. The summed E-state index contributed by atoms with van der Waals surface area (Å²) in [5.41, 5.74) is 6.79. The van der Waals surface area contributed by atoms with Gasteiger partial charge in [0.1, 0.15) is 0 Å². The van der Waals surface area contributed by atoms with Crippen molar-refractivity contribution in [1.82, 2.24) is 4.98 Å². The normalized spacial score (nSPS) is 10.4. The molecular formula is C9H10N2O. The van der Waals surface area contributed by atoms with Gasteiger partial charge in [-0.05, 0) is 31.2 Å².